The van der Waals surface area contributed by atoms with Gasteiger partial charge in [-0.3, -0.25) is 4.79 Å². The Kier molecular flexibility index (Phi) is 3.61. The van der Waals surface area contributed by atoms with E-state index in [2.05, 4.69) is 21.2 Å². The number of rotatable bonds is 4. The second-order valence-electron chi connectivity index (χ2n) is 4.80. The largest absolute Gasteiger partial charge is 0.382 e. The van der Waals surface area contributed by atoms with Gasteiger partial charge in [-0.05, 0) is 41.9 Å². The maximum atomic E-state index is 11.9. The molecular weight excluding hydrogens is 332 g/mol. The molecule has 0 saturated carbocycles. The van der Waals surface area contributed by atoms with Crippen molar-refractivity contribution in [3.05, 3.63) is 28.7 Å². The summed E-state index contributed by atoms with van der Waals surface area (Å²) in [4.78, 5) is 11.7. The monoisotopic (exact) mass is 346 g/mol. The molecule has 0 aromatic heterocycles. The maximum Gasteiger partial charge on any atom is 0.258 e. The van der Waals surface area contributed by atoms with E-state index in [1.54, 1.807) is 0 Å². The molecule has 1 heterocycles. The van der Waals surface area contributed by atoms with Crippen LogP contribution >= 0.6 is 15.9 Å². The topological polar surface area (TPSA) is 66.5 Å². The van der Waals surface area contributed by atoms with E-state index in [4.69, 9.17) is 0 Å². The van der Waals surface area contributed by atoms with Crippen molar-refractivity contribution in [3.8, 4) is 0 Å². The molecule has 1 N–H and O–H groups in total. The molecule has 1 aromatic carbocycles. The number of benzene rings is 1. The predicted octanol–water partition coefficient (Wildman–Crippen LogP) is 1.81. The quantitative estimate of drug-likeness (QED) is 0.902. The Morgan fingerprint density at radius 3 is 2.53 bits per heavy atom. The highest BCUT2D eigenvalue weighted by Gasteiger charge is 2.59. The summed E-state index contributed by atoms with van der Waals surface area (Å²) in [5.74, 6) is -0.346. The summed E-state index contributed by atoms with van der Waals surface area (Å²) < 4.78 is 24.3. The Bertz CT molecular complexity index is 613. The van der Waals surface area contributed by atoms with E-state index in [1.807, 2.05) is 24.3 Å². The fraction of sp³-hybridized carbons (Fsp3) is 0.417. The lowest BCUT2D eigenvalue weighted by atomic mass is 10.2. The van der Waals surface area contributed by atoms with E-state index in [1.165, 1.54) is 13.8 Å². The zero-order valence-electron chi connectivity index (χ0n) is 10.7. The maximum absolute atomic E-state index is 11.9. The van der Waals surface area contributed by atoms with Gasteiger partial charge in [0.25, 0.3) is 15.9 Å². The number of halogens is 1. The van der Waals surface area contributed by atoms with Crippen LogP contribution < -0.4 is 5.32 Å². The second kappa shape index (κ2) is 4.79. The lowest BCUT2D eigenvalue weighted by Crippen LogP contribution is -2.67. The average molecular weight is 347 g/mol. The van der Waals surface area contributed by atoms with Crippen molar-refractivity contribution in [2.24, 2.45) is 0 Å². The van der Waals surface area contributed by atoms with Gasteiger partial charge in [0.05, 0.1) is 6.54 Å². The third-order valence-electron chi connectivity index (χ3n) is 3.18. The number of amides is 1. The molecule has 104 valence electrons. The van der Waals surface area contributed by atoms with Crippen LogP contribution in [-0.2, 0) is 14.8 Å². The molecule has 1 amide bonds. The lowest BCUT2D eigenvalue weighted by Gasteiger charge is -2.43. The van der Waals surface area contributed by atoms with Gasteiger partial charge in [-0.25, -0.2) is 12.7 Å². The van der Waals surface area contributed by atoms with Crippen LogP contribution in [0.15, 0.2) is 28.7 Å². The van der Waals surface area contributed by atoms with Gasteiger partial charge < -0.3 is 5.32 Å². The molecule has 0 aliphatic carbocycles. The summed E-state index contributed by atoms with van der Waals surface area (Å²) in [6.45, 7) is 3.39. The number of para-hydroxylation sites is 1. The SMILES string of the molecule is CC1(C)C(=O)N(CCNc2ccccc2Br)S1(=O)=O. The highest BCUT2D eigenvalue weighted by molar-refractivity contribution is 9.10. The van der Waals surface area contributed by atoms with Crippen LogP contribution in [0.1, 0.15) is 13.8 Å². The Labute approximate surface area is 121 Å². The van der Waals surface area contributed by atoms with Crippen molar-refractivity contribution in [2.75, 3.05) is 18.4 Å². The molecule has 5 nitrogen and oxygen atoms in total. The summed E-state index contributed by atoms with van der Waals surface area (Å²) >= 11 is 3.39. The highest BCUT2D eigenvalue weighted by Crippen LogP contribution is 2.34. The number of anilines is 1. The van der Waals surface area contributed by atoms with Crippen molar-refractivity contribution >= 4 is 37.5 Å². The number of carbonyl (C=O) groups is 1. The fourth-order valence-electron chi connectivity index (χ4n) is 1.87. The van der Waals surface area contributed by atoms with Gasteiger partial charge in [0, 0.05) is 16.7 Å². The summed E-state index contributed by atoms with van der Waals surface area (Å²) in [5.41, 5.74) is 0.868. The van der Waals surface area contributed by atoms with Crippen molar-refractivity contribution in [1.82, 2.24) is 4.31 Å². The molecule has 0 spiro atoms. The average Bonchev–Trinajstić information content (AvgIpc) is 2.35. The number of carbonyl (C=O) groups excluding carboxylic acids is 1. The third kappa shape index (κ3) is 2.25. The van der Waals surface area contributed by atoms with Gasteiger partial charge in [0.2, 0.25) is 0 Å². The Balaban J connectivity index is 1.95. The molecule has 1 fully saturated rings. The molecule has 0 unspecified atom stereocenters. The molecule has 0 bridgehead atoms. The minimum Gasteiger partial charge on any atom is -0.382 e. The number of hydrogen-bond acceptors (Lipinski definition) is 4. The van der Waals surface area contributed by atoms with E-state index < -0.39 is 14.8 Å². The molecule has 1 aliphatic heterocycles. The van der Waals surface area contributed by atoms with Gasteiger partial charge in [0.15, 0.2) is 4.75 Å². The normalized spacial score (nSPS) is 19.9. The van der Waals surface area contributed by atoms with Crippen molar-refractivity contribution < 1.29 is 13.2 Å². The first kappa shape index (κ1) is 14.3. The van der Waals surface area contributed by atoms with E-state index in [-0.39, 0.29) is 12.5 Å². The zero-order valence-corrected chi connectivity index (χ0v) is 13.1. The van der Waals surface area contributed by atoms with E-state index >= 15 is 0 Å². The summed E-state index contributed by atoms with van der Waals surface area (Å²) in [6.07, 6.45) is 0. The van der Waals surface area contributed by atoms with Crippen molar-refractivity contribution in [1.29, 1.82) is 0 Å². The summed E-state index contributed by atoms with van der Waals surface area (Å²) in [7, 11) is -3.48. The molecule has 0 atom stereocenters. The van der Waals surface area contributed by atoms with Gasteiger partial charge >= 0.3 is 0 Å². The van der Waals surface area contributed by atoms with E-state index in [9.17, 15) is 13.2 Å². The Hall–Kier alpha value is -1.08. The minimum absolute atomic E-state index is 0.145. The molecule has 1 aromatic rings. The molecule has 7 heteroatoms. The van der Waals surface area contributed by atoms with Crippen molar-refractivity contribution in [3.63, 3.8) is 0 Å². The van der Waals surface area contributed by atoms with Crippen LogP contribution in [0.3, 0.4) is 0 Å². The van der Waals surface area contributed by atoms with Gasteiger partial charge in [-0.2, -0.15) is 0 Å². The van der Waals surface area contributed by atoms with Crippen LogP contribution in [0.2, 0.25) is 0 Å². The van der Waals surface area contributed by atoms with Crippen molar-refractivity contribution in [2.45, 2.75) is 18.6 Å². The van der Waals surface area contributed by atoms with Crippen LogP contribution in [-0.4, -0.2) is 36.5 Å². The molecule has 19 heavy (non-hydrogen) atoms. The zero-order chi connectivity index (χ0) is 14.3. The summed E-state index contributed by atoms with van der Waals surface area (Å²) in [5, 5.41) is 3.09. The summed E-state index contributed by atoms with van der Waals surface area (Å²) in [6, 6.07) is 7.53. The molecule has 2 rings (SSSR count). The number of nitrogens with one attached hydrogen (secondary N) is 1. The Morgan fingerprint density at radius 1 is 1.32 bits per heavy atom. The predicted molar refractivity (Wildman–Crippen MR) is 77.3 cm³/mol. The first-order valence-corrected chi connectivity index (χ1v) is 8.07. The molecule has 1 aliphatic rings. The minimum atomic E-state index is -3.48. The van der Waals surface area contributed by atoms with Crippen LogP contribution in [0.5, 0.6) is 0 Å². The number of sulfonamides is 1. The van der Waals surface area contributed by atoms with E-state index in [0.29, 0.717) is 6.54 Å². The number of nitrogens with zero attached hydrogens (tertiary/aromatic N) is 1. The molecular formula is C12H15BrN2O3S. The molecule has 1 saturated heterocycles. The van der Waals surface area contributed by atoms with Crippen LogP contribution in [0.25, 0.3) is 0 Å². The van der Waals surface area contributed by atoms with E-state index in [0.717, 1.165) is 14.5 Å². The Morgan fingerprint density at radius 2 is 1.95 bits per heavy atom. The second-order valence-corrected chi connectivity index (χ2v) is 8.07. The van der Waals surface area contributed by atoms with Crippen LogP contribution in [0.4, 0.5) is 5.69 Å². The third-order valence-corrected chi connectivity index (χ3v) is 6.27. The first-order chi connectivity index (χ1) is 8.78. The van der Waals surface area contributed by atoms with Gasteiger partial charge in [-0.1, -0.05) is 12.1 Å². The van der Waals surface area contributed by atoms with Gasteiger partial charge in [0.1, 0.15) is 0 Å². The van der Waals surface area contributed by atoms with Gasteiger partial charge in [-0.15, -0.1) is 0 Å². The fourth-order valence-corrected chi connectivity index (χ4v) is 3.83. The lowest BCUT2D eigenvalue weighted by molar-refractivity contribution is -0.132. The standard InChI is InChI=1S/C12H15BrN2O3S/c1-12(2)11(16)15(19(12,17)18)8-7-14-10-6-4-3-5-9(10)13/h3-6,14H,7-8H2,1-2H3. The van der Waals surface area contributed by atoms with Crippen LogP contribution in [0, 0.1) is 0 Å². The smallest absolute Gasteiger partial charge is 0.258 e. The highest BCUT2D eigenvalue weighted by atomic mass is 79.9. The molecule has 0 radical (unpaired) electrons. The number of hydrogen-bond donors (Lipinski definition) is 1. The first-order valence-electron chi connectivity index (χ1n) is 5.83.